The summed E-state index contributed by atoms with van der Waals surface area (Å²) in [7, 11) is 0. The van der Waals surface area contributed by atoms with Gasteiger partial charge in [-0.1, -0.05) is 6.92 Å². The quantitative estimate of drug-likeness (QED) is 0.757. The molecule has 1 unspecified atom stereocenters. The molecule has 1 heterocycles. The normalized spacial score (nSPS) is 23.1. The number of hydrogen-bond donors (Lipinski definition) is 1. The number of likely N-dealkylation sites (tertiary alicyclic amines) is 1. The second-order valence-electron chi connectivity index (χ2n) is 4.92. The van der Waals surface area contributed by atoms with Crippen molar-refractivity contribution >= 4 is 11.9 Å². The summed E-state index contributed by atoms with van der Waals surface area (Å²) >= 11 is 0. The van der Waals surface area contributed by atoms with Crippen LogP contribution >= 0.6 is 0 Å². The van der Waals surface area contributed by atoms with Crippen LogP contribution < -0.4 is 0 Å². The van der Waals surface area contributed by atoms with Gasteiger partial charge in [-0.25, -0.2) is 0 Å². The SMILES string of the molecule is CCC1(C(=O)O)CCN(C(=O)CCOCC(F)(F)F)C1. The summed E-state index contributed by atoms with van der Waals surface area (Å²) in [6, 6.07) is 0. The number of rotatable bonds is 6. The van der Waals surface area contributed by atoms with E-state index in [0.29, 0.717) is 19.4 Å². The average molecular weight is 297 g/mol. The maximum Gasteiger partial charge on any atom is 0.411 e. The Morgan fingerprint density at radius 1 is 1.40 bits per heavy atom. The Hall–Kier alpha value is -1.31. The number of aliphatic carboxylic acids is 1. The van der Waals surface area contributed by atoms with Crippen LogP contribution in [0.3, 0.4) is 0 Å². The number of carbonyl (C=O) groups excluding carboxylic acids is 1. The third kappa shape index (κ3) is 4.36. The van der Waals surface area contributed by atoms with Crippen molar-refractivity contribution < 1.29 is 32.6 Å². The predicted octanol–water partition coefficient (Wildman–Crippen LogP) is 1.67. The first-order valence-corrected chi connectivity index (χ1v) is 6.36. The minimum atomic E-state index is -4.41. The highest BCUT2D eigenvalue weighted by molar-refractivity contribution is 5.80. The number of alkyl halides is 3. The molecule has 116 valence electrons. The number of carboxylic acids is 1. The van der Waals surface area contributed by atoms with E-state index in [2.05, 4.69) is 4.74 Å². The fraction of sp³-hybridized carbons (Fsp3) is 0.833. The summed E-state index contributed by atoms with van der Waals surface area (Å²) in [5.41, 5.74) is -0.928. The Labute approximate surface area is 114 Å². The second kappa shape index (κ2) is 6.43. The summed E-state index contributed by atoms with van der Waals surface area (Å²) in [4.78, 5) is 24.4. The lowest BCUT2D eigenvalue weighted by Crippen LogP contribution is -2.36. The highest BCUT2D eigenvalue weighted by atomic mass is 19.4. The van der Waals surface area contributed by atoms with Crippen LogP contribution in [0.4, 0.5) is 13.2 Å². The van der Waals surface area contributed by atoms with Gasteiger partial charge in [-0.3, -0.25) is 9.59 Å². The van der Waals surface area contributed by atoms with Crippen molar-refractivity contribution in [2.75, 3.05) is 26.3 Å². The van der Waals surface area contributed by atoms with E-state index in [1.54, 1.807) is 6.92 Å². The second-order valence-corrected chi connectivity index (χ2v) is 4.92. The minimum Gasteiger partial charge on any atom is -0.481 e. The third-order valence-electron chi connectivity index (χ3n) is 3.56. The molecule has 0 aromatic rings. The van der Waals surface area contributed by atoms with Crippen LogP contribution in [0.15, 0.2) is 0 Å². The van der Waals surface area contributed by atoms with E-state index in [9.17, 15) is 27.9 Å². The van der Waals surface area contributed by atoms with Crippen LogP contribution in [0.5, 0.6) is 0 Å². The number of amides is 1. The standard InChI is InChI=1S/C12H18F3NO4/c1-2-11(10(18)19)4-5-16(7-11)9(17)3-6-20-8-12(13,14)15/h2-8H2,1H3,(H,18,19). The molecule has 1 amide bonds. The summed E-state index contributed by atoms with van der Waals surface area (Å²) in [6.45, 7) is 0.471. The van der Waals surface area contributed by atoms with Gasteiger partial charge in [-0.2, -0.15) is 13.2 Å². The van der Waals surface area contributed by atoms with Gasteiger partial charge in [0.2, 0.25) is 5.91 Å². The highest BCUT2D eigenvalue weighted by Crippen LogP contribution is 2.34. The van der Waals surface area contributed by atoms with Gasteiger partial charge in [0.1, 0.15) is 6.61 Å². The van der Waals surface area contributed by atoms with Crippen molar-refractivity contribution in [2.45, 2.75) is 32.4 Å². The van der Waals surface area contributed by atoms with Gasteiger partial charge < -0.3 is 14.7 Å². The average Bonchev–Trinajstić information content (AvgIpc) is 2.79. The largest absolute Gasteiger partial charge is 0.481 e. The van der Waals surface area contributed by atoms with Crippen LogP contribution in [-0.2, 0) is 14.3 Å². The van der Waals surface area contributed by atoms with E-state index >= 15 is 0 Å². The topological polar surface area (TPSA) is 66.8 Å². The van der Waals surface area contributed by atoms with E-state index in [4.69, 9.17) is 0 Å². The number of nitrogens with zero attached hydrogens (tertiary/aromatic N) is 1. The zero-order valence-electron chi connectivity index (χ0n) is 11.2. The molecule has 1 fully saturated rings. The molecule has 1 rings (SSSR count). The van der Waals surface area contributed by atoms with Crippen molar-refractivity contribution in [2.24, 2.45) is 5.41 Å². The lowest BCUT2D eigenvalue weighted by molar-refractivity contribution is -0.175. The Balaban J connectivity index is 2.37. The summed E-state index contributed by atoms with van der Waals surface area (Å²) in [6.07, 6.45) is -3.79. The Morgan fingerprint density at radius 3 is 2.50 bits per heavy atom. The van der Waals surface area contributed by atoms with Gasteiger partial charge in [0, 0.05) is 13.1 Å². The molecule has 1 atom stereocenters. The van der Waals surface area contributed by atoms with Crippen LogP contribution in [0, 0.1) is 5.41 Å². The van der Waals surface area contributed by atoms with Gasteiger partial charge in [0.05, 0.1) is 18.4 Å². The zero-order chi connectivity index (χ0) is 15.4. The highest BCUT2D eigenvalue weighted by Gasteiger charge is 2.44. The molecule has 0 aromatic carbocycles. The Kier molecular flexibility index (Phi) is 5.38. The van der Waals surface area contributed by atoms with Crippen molar-refractivity contribution in [3.05, 3.63) is 0 Å². The fourth-order valence-electron chi connectivity index (χ4n) is 2.21. The van der Waals surface area contributed by atoms with Crippen LogP contribution in [-0.4, -0.2) is 54.4 Å². The monoisotopic (exact) mass is 297 g/mol. The molecule has 0 saturated carbocycles. The van der Waals surface area contributed by atoms with Gasteiger partial charge in [-0.15, -0.1) is 0 Å². The molecule has 8 heteroatoms. The number of halogens is 3. The molecule has 1 aliphatic heterocycles. The van der Waals surface area contributed by atoms with Gasteiger partial charge in [0.25, 0.3) is 0 Å². The van der Waals surface area contributed by atoms with Crippen LogP contribution in [0.1, 0.15) is 26.2 Å². The van der Waals surface area contributed by atoms with E-state index in [1.807, 2.05) is 0 Å². The van der Waals surface area contributed by atoms with E-state index in [1.165, 1.54) is 4.90 Å². The van der Waals surface area contributed by atoms with Gasteiger partial charge in [0.15, 0.2) is 0 Å². The fourth-order valence-corrected chi connectivity index (χ4v) is 2.21. The number of carbonyl (C=O) groups is 2. The number of ether oxygens (including phenoxy) is 1. The minimum absolute atomic E-state index is 0.108. The molecule has 0 radical (unpaired) electrons. The smallest absolute Gasteiger partial charge is 0.411 e. The number of carboxylic acid groups (broad SMARTS) is 1. The lowest BCUT2D eigenvalue weighted by atomic mass is 9.84. The first-order valence-electron chi connectivity index (χ1n) is 6.36. The van der Waals surface area contributed by atoms with Crippen LogP contribution in [0.25, 0.3) is 0 Å². The lowest BCUT2D eigenvalue weighted by Gasteiger charge is -2.23. The summed E-state index contributed by atoms with van der Waals surface area (Å²) in [5.74, 6) is -1.31. The van der Waals surface area contributed by atoms with E-state index in [0.717, 1.165) is 0 Å². The first kappa shape index (κ1) is 16.7. The van der Waals surface area contributed by atoms with E-state index < -0.39 is 24.2 Å². The first-order chi connectivity index (χ1) is 9.20. The third-order valence-corrected chi connectivity index (χ3v) is 3.56. The molecule has 1 saturated heterocycles. The molecule has 20 heavy (non-hydrogen) atoms. The molecule has 1 N–H and O–H groups in total. The summed E-state index contributed by atoms with van der Waals surface area (Å²) < 4.78 is 39.9. The Morgan fingerprint density at radius 2 is 2.05 bits per heavy atom. The van der Waals surface area contributed by atoms with Gasteiger partial charge >= 0.3 is 12.1 Å². The molecule has 5 nitrogen and oxygen atoms in total. The molecular formula is C12H18F3NO4. The predicted molar refractivity (Wildman–Crippen MR) is 63.0 cm³/mol. The van der Waals surface area contributed by atoms with Crippen molar-refractivity contribution in [1.82, 2.24) is 4.90 Å². The maximum absolute atomic E-state index is 11.8. The maximum atomic E-state index is 11.8. The van der Waals surface area contributed by atoms with Crippen LogP contribution in [0.2, 0.25) is 0 Å². The zero-order valence-corrected chi connectivity index (χ0v) is 11.2. The number of hydrogen-bond acceptors (Lipinski definition) is 3. The molecule has 0 spiro atoms. The van der Waals surface area contributed by atoms with Crippen molar-refractivity contribution in [3.8, 4) is 0 Å². The Bertz CT molecular complexity index is 372. The molecule has 0 aliphatic carbocycles. The summed E-state index contributed by atoms with van der Waals surface area (Å²) in [5, 5.41) is 9.18. The van der Waals surface area contributed by atoms with E-state index in [-0.39, 0.29) is 25.5 Å². The van der Waals surface area contributed by atoms with Crippen molar-refractivity contribution in [1.29, 1.82) is 0 Å². The van der Waals surface area contributed by atoms with Crippen molar-refractivity contribution in [3.63, 3.8) is 0 Å². The molecule has 0 aromatic heterocycles. The van der Waals surface area contributed by atoms with Gasteiger partial charge in [-0.05, 0) is 12.8 Å². The molecule has 0 bridgehead atoms. The molecule has 1 aliphatic rings. The molecular weight excluding hydrogens is 279 g/mol.